The zero-order valence-electron chi connectivity index (χ0n) is 14.0. The Morgan fingerprint density at radius 1 is 0.917 bits per heavy atom. The highest BCUT2D eigenvalue weighted by atomic mass is 15.1. The fourth-order valence-electron chi connectivity index (χ4n) is 2.78. The number of pyridine rings is 1. The summed E-state index contributed by atoms with van der Waals surface area (Å²) in [5, 5.41) is 0. The molecule has 0 saturated carbocycles. The molecule has 3 aromatic rings. The average Bonchev–Trinajstić information content (AvgIpc) is 2.63. The van der Waals surface area contributed by atoms with Gasteiger partial charge in [0, 0.05) is 25.5 Å². The first-order valence-electron chi connectivity index (χ1n) is 8.20. The highest BCUT2D eigenvalue weighted by molar-refractivity contribution is 5.82. The quantitative estimate of drug-likeness (QED) is 0.652. The number of benzene rings is 2. The van der Waals surface area contributed by atoms with E-state index in [1.807, 2.05) is 12.3 Å². The predicted molar refractivity (Wildman–Crippen MR) is 101 cm³/mol. The van der Waals surface area contributed by atoms with Gasteiger partial charge in [0.25, 0.3) is 0 Å². The van der Waals surface area contributed by atoms with Gasteiger partial charge in [0.15, 0.2) is 0 Å². The van der Waals surface area contributed by atoms with Gasteiger partial charge in [-0.05, 0) is 41.5 Å². The van der Waals surface area contributed by atoms with Crippen molar-refractivity contribution in [3.63, 3.8) is 0 Å². The van der Waals surface area contributed by atoms with Gasteiger partial charge < -0.3 is 0 Å². The molecule has 24 heavy (non-hydrogen) atoms. The van der Waals surface area contributed by atoms with Crippen LogP contribution in [0, 0.1) is 0 Å². The normalized spacial score (nSPS) is 11.7. The second-order valence-electron chi connectivity index (χ2n) is 5.98. The molecule has 3 rings (SSSR count). The van der Waals surface area contributed by atoms with Crippen LogP contribution < -0.4 is 0 Å². The van der Waals surface area contributed by atoms with Gasteiger partial charge in [-0.1, -0.05) is 66.7 Å². The van der Waals surface area contributed by atoms with Crippen molar-refractivity contribution in [1.29, 1.82) is 0 Å². The molecule has 0 amide bonds. The third-order valence-electron chi connectivity index (χ3n) is 3.91. The molecule has 0 unspecified atom stereocenters. The third kappa shape index (κ3) is 4.64. The molecule has 2 nitrogen and oxygen atoms in total. The molecular formula is C22H22N2. The van der Waals surface area contributed by atoms with Crippen molar-refractivity contribution in [3.05, 3.63) is 102 Å². The Labute approximate surface area is 144 Å². The van der Waals surface area contributed by atoms with E-state index in [1.165, 1.54) is 16.7 Å². The molecule has 0 atom stereocenters. The third-order valence-corrected chi connectivity index (χ3v) is 3.91. The fourth-order valence-corrected chi connectivity index (χ4v) is 2.78. The molecule has 0 aliphatic heterocycles. The highest BCUT2D eigenvalue weighted by Gasteiger charge is 2.07. The summed E-state index contributed by atoms with van der Waals surface area (Å²) in [5.41, 5.74) is 5.00. The molecule has 0 aliphatic rings. The first-order chi connectivity index (χ1) is 11.8. The number of aromatic nitrogens is 1. The molecule has 2 heteroatoms. The summed E-state index contributed by atoms with van der Waals surface area (Å²) in [7, 11) is 2.16. The zero-order valence-corrected chi connectivity index (χ0v) is 14.0. The van der Waals surface area contributed by atoms with Crippen LogP contribution in [0.15, 0.2) is 85.2 Å². The number of hydrogen-bond acceptors (Lipinski definition) is 2. The molecule has 2 aromatic carbocycles. The summed E-state index contributed by atoms with van der Waals surface area (Å²) in [6.45, 7) is 1.81. The number of likely N-dealkylation sites (N-methyl/N-ethyl adjacent to an activating group) is 1. The van der Waals surface area contributed by atoms with Crippen molar-refractivity contribution in [2.24, 2.45) is 0 Å². The van der Waals surface area contributed by atoms with Crippen LogP contribution in [0.3, 0.4) is 0 Å². The van der Waals surface area contributed by atoms with Crippen molar-refractivity contribution in [2.45, 2.75) is 6.54 Å². The minimum Gasteiger partial charge on any atom is -0.298 e. The molecule has 0 N–H and O–H groups in total. The van der Waals surface area contributed by atoms with Crippen LogP contribution in [-0.4, -0.2) is 23.5 Å². The van der Waals surface area contributed by atoms with E-state index in [4.69, 9.17) is 0 Å². The van der Waals surface area contributed by atoms with E-state index in [9.17, 15) is 0 Å². The molecule has 0 spiro atoms. The molecule has 1 heterocycles. The number of nitrogens with zero attached hydrogens (tertiary/aromatic N) is 2. The van der Waals surface area contributed by atoms with Gasteiger partial charge in [-0.2, -0.15) is 0 Å². The molecule has 0 bridgehead atoms. The molecule has 1 aromatic heterocycles. The van der Waals surface area contributed by atoms with E-state index in [0.29, 0.717) is 0 Å². The maximum atomic E-state index is 4.22. The zero-order chi connectivity index (χ0) is 16.6. The van der Waals surface area contributed by atoms with Crippen molar-refractivity contribution in [3.8, 4) is 0 Å². The first kappa shape index (κ1) is 16.2. The van der Waals surface area contributed by atoms with E-state index >= 15 is 0 Å². The standard InChI is InChI=1S/C22H22N2/c1-24(17-19-9-4-2-5-10-19)18-22(21-12-6-3-7-13-21)15-20-11-8-14-23-16-20/h2-16H,17-18H2,1H3/b22-15-. The van der Waals surface area contributed by atoms with E-state index < -0.39 is 0 Å². The predicted octanol–water partition coefficient (Wildman–Crippen LogP) is 4.75. The molecule has 0 radical (unpaired) electrons. The molecule has 0 aliphatic carbocycles. The van der Waals surface area contributed by atoms with Gasteiger partial charge in [-0.3, -0.25) is 9.88 Å². The minimum atomic E-state index is 0.883. The smallest absolute Gasteiger partial charge is 0.0340 e. The van der Waals surface area contributed by atoms with Crippen LogP contribution in [0.2, 0.25) is 0 Å². The second kappa shape index (κ2) is 8.23. The van der Waals surface area contributed by atoms with E-state index in [1.54, 1.807) is 6.20 Å². The summed E-state index contributed by atoms with van der Waals surface area (Å²) in [6, 6.07) is 25.2. The lowest BCUT2D eigenvalue weighted by Gasteiger charge is -2.19. The monoisotopic (exact) mass is 314 g/mol. The molecule has 120 valence electrons. The number of hydrogen-bond donors (Lipinski definition) is 0. The van der Waals surface area contributed by atoms with E-state index in [0.717, 1.165) is 18.7 Å². The largest absolute Gasteiger partial charge is 0.298 e. The van der Waals surface area contributed by atoms with E-state index in [-0.39, 0.29) is 0 Å². The average molecular weight is 314 g/mol. The molecular weight excluding hydrogens is 292 g/mol. The van der Waals surface area contributed by atoms with Crippen LogP contribution in [-0.2, 0) is 6.54 Å². The van der Waals surface area contributed by atoms with Gasteiger partial charge in [-0.15, -0.1) is 0 Å². The second-order valence-corrected chi connectivity index (χ2v) is 5.98. The maximum Gasteiger partial charge on any atom is 0.0340 e. The van der Waals surface area contributed by atoms with Crippen LogP contribution in [0.25, 0.3) is 11.6 Å². The Morgan fingerprint density at radius 3 is 2.29 bits per heavy atom. The molecule has 0 fully saturated rings. The number of rotatable bonds is 6. The lowest BCUT2D eigenvalue weighted by Crippen LogP contribution is -2.20. The van der Waals surface area contributed by atoms with Gasteiger partial charge >= 0.3 is 0 Å². The Kier molecular flexibility index (Phi) is 5.54. The minimum absolute atomic E-state index is 0.883. The van der Waals surface area contributed by atoms with Gasteiger partial charge in [0.1, 0.15) is 0 Å². The Balaban J connectivity index is 1.81. The highest BCUT2D eigenvalue weighted by Crippen LogP contribution is 2.19. The Hall–Kier alpha value is -2.71. The van der Waals surface area contributed by atoms with Crippen LogP contribution in [0.1, 0.15) is 16.7 Å². The van der Waals surface area contributed by atoms with Gasteiger partial charge in [0.05, 0.1) is 0 Å². The SMILES string of the molecule is CN(C/C(=C/c1cccnc1)c1ccccc1)Cc1ccccc1. The van der Waals surface area contributed by atoms with Crippen molar-refractivity contribution >= 4 is 11.6 Å². The van der Waals surface area contributed by atoms with Crippen molar-refractivity contribution in [2.75, 3.05) is 13.6 Å². The summed E-state index contributed by atoms with van der Waals surface area (Å²) in [4.78, 5) is 6.56. The first-order valence-corrected chi connectivity index (χ1v) is 8.20. The topological polar surface area (TPSA) is 16.1 Å². The Bertz CT molecular complexity index is 765. The lowest BCUT2D eigenvalue weighted by atomic mass is 10.0. The van der Waals surface area contributed by atoms with Crippen LogP contribution >= 0.6 is 0 Å². The summed E-state index contributed by atoms with van der Waals surface area (Å²) in [5.74, 6) is 0. The van der Waals surface area contributed by atoms with E-state index in [2.05, 4.69) is 89.7 Å². The molecule has 0 saturated heterocycles. The van der Waals surface area contributed by atoms with Crippen LogP contribution in [0.4, 0.5) is 0 Å². The summed E-state index contributed by atoms with van der Waals surface area (Å²) < 4.78 is 0. The Morgan fingerprint density at radius 2 is 1.62 bits per heavy atom. The fraction of sp³-hybridized carbons (Fsp3) is 0.136. The lowest BCUT2D eigenvalue weighted by molar-refractivity contribution is 0.369. The van der Waals surface area contributed by atoms with Gasteiger partial charge in [-0.25, -0.2) is 0 Å². The van der Waals surface area contributed by atoms with Crippen molar-refractivity contribution < 1.29 is 0 Å². The van der Waals surface area contributed by atoms with Crippen LogP contribution in [0.5, 0.6) is 0 Å². The summed E-state index contributed by atoms with van der Waals surface area (Å²) in [6.07, 6.45) is 5.94. The van der Waals surface area contributed by atoms with Gasteiger partial charge in [0.2, 0.25) is 0 Å². The maximum absolute atomic E-state index is 4.22. The summed E-state index contributed by atoms with van der Waals surface area (Å²) >= 11 is 0. The van der Waals surface area contributed by atoms with Crippen molar-refractivity contribution in [1.82, 2.24) is 9.88 Å².